The van der Waals surface area contributed by atoms with Gasteiger partial charge in [0, 0.05) is 37.6 Å². The molecule has 0 bridgehead atoms. The summed E-state index contributed by atoms with van der Waals surface area (Å²) in [5.74, 6) is 1.52. The van der Waals surface area contributed by atoms with Crippen LogP contribution in [0.1, 0.15) is 23.2 Å². The number of likely N-dealkylation sites (tertiary alicyclic amines) is 1. The largest absolute Gasteiger partial charge is 0.369 e. The minimum atomic E-state index is 0.140. The third kappa shape index (κ3) is 3.61. The molecule has 1 aromatic heterocycles. The molecule has 0 aliphatic carbocycles. The van der Waals surface area contributed by atoms with E-state index in [0.717, 1.165) is 43.9 Å². The average molecular weight is 296 g/mol. The van der Waals surface area contributed by atoms with E-state index in [1.54, 1.807) is 18.6 Å². The molecule has 1 fully saturated rings. The molecular weight excluding hydrogens is 276 g/mol. The van der Waals surface area contributed by atoms with Crippen LogP contribution in [0, 0.1) is 5.92 Å². The second kappa shape index (κ2) is 7.02. The van der Waals surface area contributed by atoms with Crippen molar-refractivity contribution in [3.8, 4) is 0 Å². The fourth-order valence-electron chi connectivity index (χ4n) is 2.74. The molecule has 2 heterocycles. The van der Waals surface area contributed by atoms with E-state index in [4.69, 9.17) is 0 Å². The summed E-state index contributed by atoms with van der Waals surface area (Å²) >= 11 is 0. The van der Waals surface area contributed by atoms with Gasteiger partial charge >= 0.3 is 0 Å². The first-order chi connectivity index (χ1) is 10.8. The number of carbonyl (C=O) groups is 1. The SMILES string of the molecule is O=C(c1ccccc1)N1CCC(CNc2cnccn2)CC1. The first-order valence-electron chi connectivity index (χ1n) is 7.67. The van der Waals surface area contributed by atoms with E-state index in [0.29, 0.717) is 5.92 Å². The van der Waals surface area contributed by atoms with Crippen LogP contribution >= 0.6 is 0 Å². The molecule has 3 rings (SSSR count). The highest BCUT2D eigenvalue weighted by Crippen LogP contribution is 2.19. The average Bonchev–Trinajstić information content (AvgIpc) is 2.61. The first kappa shape index (κ1) is 14.5. The summed E-state index contributed by atoms with van der Waals surface area (Å²) in [5, 5.41) is 3.31. The molecule has 0 saturated carbocycles. The number of hydrogen-bond acceptors (Lipinski definition) is 4. The smallest absolute Gasteiger partial charge is 0.253 e. The van der Waals surface area contributed by atoms with Crippen molar-refractivity contribution < 1.29 is 4.79 Å². The molecular formula is C17H20N4O. The van der Waals surface area contributed by atoms with E-state index in [2.05, 4.69) is 15.3 Å². The van der Waals surface area contributed by atoms with Gasteiger partial charge in [-0.15, -0.1) is 0 Å². The van der Waals surface area contributed by atoms with Gasteiger partial charge in [-0.25, -0.2) is 4.98 Å². The standard InChI is InChI=1S/C17H20N4O/c22-17(15-4-2-1-3-5-15)21-10-6-14(7-11-21)12-20-16-13-18-8-9-19-16/h1-5,8-9,13-14H,6-7,10-12H2,(H,19,20). The molecule has 22 heavy (non-hydrogen) atoms. The molecule has 2 aromatic rings. The van der Waals surface area contributed by atoms with Gasteiger partial charge in [-0.3, -0.25) is 9.78 Å². The van der Waals surface area contributed by atoms with Crippen LogP contribution in [0.2, 0.25) is 0 Å². The monoisotopic (exact) mass is 296 g/mol. The van der Waals surface area contributed by atoms with Gasteiger partial charge in [0.1, 0.15) is 5.82 Å². The van der Waals surface area contributed by atoms with Crippen LogP contribution in [0.25, 0.3) is 0 Å². The van der Waals surface area contributed by atoms with Gasteiger partial charge in [-0.1, -0.05) is 18.2 Å². The van der Waals surface area contributed by atoms with Crippen LogP contribution in [0.15, 0.2) is 48.9 Å². The van der Waals surface area contributed by atoms with Crippen LogP contribution in [0.4, 0.5) is 5.82 Å². The van der Waals surface area contributed by atoms with E-state index in [1.165, 1.54) is 0 Å². The Morgan fingerprint density at radius 3 is 2.64 bits per heavy atom. The molecule has 1 N–H and O–H groups in total. The lowest BCUT2D eigenvalue weighted by Crippen LogP contribution is -2.39. The Morgan fingerprint density at radius 2 is 1.95 bits per heavy atom. The lowest BCUT2D eigenvalue weighted by molar-refractivity contribution is 0.0695. The molecule has 1 saturated heterocycles. The Kier molecular flexibility index (Phi) is 4.63. The number of aromatic nitrogens is 2. The Bertz CT molecular complexity index is 595. The van der Waals surface area contributed by atoms with Crippen LogP contribution in [0.3, 0.4) is 0 Å². The van der Waals surface area contributed by atoms with Crippen molar-refractivity contribution in [3.05, 3.63) is 54.5 Å². The van der Waals surface area contributed by atoms with Crippen molar-refractivity contribution in [1.29, 1.82) is 0 Å². The summed E-state index contributed by atoms with van der Waals surface area (Å²) < 4.78 is 0. The first-order valence-corrected chi connectivity index (χ1v) is 7.67. The molecule has 5 heteroatoms. The molecule has 0 unspecified atom stereocenters. The molecule has 0 spiro atoms. The third-order valence-electron chi connectivity index (χ3n) is 4.06. The van der Waals surface area contributed by atoms with Crippen LogP contribution in [-0.4, -0.2) is 40.4 Å². The number of hydrogen-bond donors (Lipinski definition) is 1. The molecule has 5 nitrogen and oxygen atoms in total. The van der Waals surface area contributed by atoms with Gasteiger partial charge in [0.25, 0.3) is 5.91 Å². The maximum atomic E-state index is 12.4. The van der Waals surface area contributed by atoms with Gasteiger partial charge in [0.15, 0.2) is 0 Å². The van der Waals surface area contributed by atoms with E-state index in [9.17, 15) is 4.79 Å². The number of amides is 1. The van der Waals surface area contributed by atoms with Crippen molar-refractivity contribution in [2.75, 3.05) is 25.0 Å². The predicted octanol–water partition coefficient (Wildman–Crippen LogP) is 2.44. The summed E-state index contributed by atoms with van der Waals surface area (Å²) in [7, 11) is 0. The zero-order valence-electron chi connectivity index (χ0n) is 12.5. The predicted molar refractivity (Wildman–Crippen MR) is 85.6 cm³/mol. The van der Waals surface area contributed by atoms with Crippen LogP contribution < -0.4 is 5.32 Å². The second-order valence-electron chi connectivity index (χ2n) is 5.57. The number of nitrogens with one attached hydrogen (secondary N) is 1. The molecule has 0 atom stereocenters. The van der Waals surface area contributed by atoms with Crippen LogP contribution in [-0.2, 0) is 0 Å². The number of nitrogens with zero attached hydrogens (tertiary/aromatic N) is 3. The van der Waals surface area contributed by atoms with Gasteiger partial charge in [0.05, 0.1) is 6.20 Å². The number of carbonyl (C=O) groups excluding carboxylic acids is 1. The maximum Gasteiger partial charge on any atom is 0.253 e. The molecule has 1 aromatic carbocycles. The maximum absolute atomic E-state index is 12.4. The molecule has 0 radical (unpaired) electrons. The summed E-state index contributed by atoms with van der Waals surface area (Å²) in [6.07, 6.45) is 7.12. The normalized spacial score (nSPS) is 15.5. The lowest BCUT2D eigenvalue weighted by atomic mass is 9.96. The van der Waals surface area contributed by atoms with Crippen LogP contribution in [0.5, 0.6) is 0 Å². The zero-order valence-corrected chi connectivity index (χ0v) is 12.5. The number of anilines is 1. The van der Waals surface area contributed by atoms with Gasteiger partial charge in [-0.2, -0.15) is 0 Å². The lowest BCUT2D eigenvalue weighted by Gasteiger charge is -2.32. The zero-order chi connectivity index (χ0) is 15.2. The minimum absolute atomic E-state index is 0.140. The second-order valence-corrected chi connectivity index (χ2v) is 5.57. The van der Waals surface area contributed by atoms with Crippen molar-refractivity contribution in [1.82, 2.24) is 14.9 Å². The Hall–Kier alpha value is -2.43. The number of piperidine rings is 1. The van der Waals surface area contributed by atoms with Crippen molar-refractivity contribution in [2.24, 2.45) is 5.92 Å². The van der Waals surface area contributed by atoms with Gasteiger partial charge in [-0.05, 0) is 30.9 Å². The highest BCUT2D eigenvalue weighted by Gasteiger charge is 2.23. The fraction of sp³-hybridized carbons (Fsp3) is 0.353. The van der Waals surface area contributed by atoms with Crippen molar-refractivity contribution in [3.63, 3.8) is 0 Å². The Labute approximate surface area is 130 Å². The van der Waals surface area contributed by atoms with Gasteiger partial charge in [0.2, 0.25) is 0 Å². The number of benzene rings is 1. The van der Waals surface area contributed by atoms with Gasteiger partial charge < -0.3 is 10.2 Å². The number of rotatable bonds is 4. The van der Waals surface area contributed by atoms with E-state index in [-0.39, 0.29) is 5.91 Å². The fourth-order valence-corrected chi connectivity index (χ4v) is 2.74. The summed E-state index contributed by atoms with van der Waals surface area (Å²) in [6, 6.07) is 9.50. The quantitative estimate of drug-likeness (QED) is 0.941. The molecule has 1 aliphatic heterocycles. The molecule has 114 valence electrons. The summed E-state index contributed by atoms with van der Waals surface area (Å²) in [6.45, 7) is 2.52. The third-order valence-corrected chi connectivity index (χ3v) is 4.06. The minimum Gasteiger partial charge on any atom is -0.369 e. The molecule has 1 aliphatic rings. The Balaban J connectivity index is 1.47. The molecule has 1 amide bonds. The summed E-state index contributed by atoms with van der Waals surface area (Å²) in [5.41, 5.74) is 0.777. The van der Waals surface area contributed by atoms with E-state index in [1.807, 2.05) is 35.2 Å². The van der Waals surface area contributed by atoms with E-state index >= 15 is 0 Å². The van der Waals surface area contributed by atoms with E-state index < -0.39 is 0 Å². The highest BCUT2D eigenvalue weighted by atomic mass is 16.2. The summed E-state index contributed by atoms with van der Waals surface area (Å²) in [4.78, 5) is 22.6. The topological polar surface area (TPSA) is 58.1 Å². The van der Waals surface area contributed by atoms with Crippen molar-refractivity contribution >= 4 is 11.7 Å². The Morgan fingerprint density at radius 1 is 1.18 bits per heavy atom. The van der Waals surface area contributed by atoms with Crippen molar-refractivity contribution in [2.45, 2.75) is 12.8 Å². The highest BCUT2D eigenvalue weighted by molar-refractivity contribution is 5.94.